The molecule has 0 radical (unpaired) electrons. The fourth-order valence-electron chi connectivity index (χ4n) is 2.68. The second-order valence-electron chi connectivity index (χ2n) is 6.00. The van der Waals surface area contributed by atoms with E-state index in [2.05, 4.69) is 5.32 Å². The van der Waals surface area contributed by atoms with Crippen molar-refractivity contribution in [2.24, 2.45) is 0 Å². The number of carbonyl (C=O) groups excluding carboxylic acids is 1. The largest absolute Gasteiger partial charge is 0.491 e. The van der Waals surface area contributed by atoms with Gasteiger partial charge in [-0.25, -0.2) is 0 Å². The summed E-state index contributed by atoms with van der Waals surface area (Å²) in [5.74, 6) is 0.594. The number of hydrogen-bond acceptors (Lipinski definition) is 4. The quantitative estimate of drug-likeness (QED) is 0.826. The van der Waals surface area contributed by atoms with Crippen LogP contribution in [-0.4, -0.2) is 25.2 Å². The minimum atomic E-state index is -0.173. The van der Waals surface area contributed by atoms with Gasteiger partial charge in [0.05, 0.1) is 6.10 Å². The number of nitrogens with one attached hydrogen (secondary N) is 1. The maximum atomic E-state index is 12.4. The molecule has 0 saturated carbocycles. The first-order valence-corrected chi connectivity index (χ1v) is 8.14. The Morgan fingerprint density at radius 3 is 2.79 bits per heavy atom. The minimum Gasteiger partial charge on any atom is -0.491 e. The lowest BCUT2D eigenvalue weighted by molar-refractivity contribution is 0.0679. The first-order chi connectivity index (χ1) is 11.6. The highest BCUT2D eigenvalue weighted by atomic mass is 16.5. The van der Waals surface area contributed by atoms with Gasteiger partial charge in [-0.05, 0) is 61.7 Å². The molecule has 2 aromatic rings. The molecule has 24 heavy (non-hydrogen) atoms. The van der Waals surface area contributed by atoms with Gasteiger partial charge in [0.25, 0.3) is 5.91 Å². The Hall–Kier alpha value is -2.53. The van der Waals surface area contributed by atoms with E-state index >= 15 is 0 Å². The van der Waals surface area contributed by atoms with Gasteiger partial charge in [0.15, 0.2) is 0 Å². The molecule has 1 fully saturated rings. The monoisotopic (exact) mass is 326 g/mol. The predicted octanol–water partition coefficient (Wildman–Crippen LogP) is 3.39. The number of aryl methyl sites for hydroxylation is 1. The maximum absolute atomic E-state index is 12.4. The van der Waals surface area contributed by atoms with Crippen molar-refractivity contribution in [1.82, 2.24) is 0 Å². The Morgan fingerprint density at radius 1 is 1.29 bits per heavy atom. The summed E-state index contributed by atoms with van der Waals surface area (Å²) in [5, 5.41) is 2.88. The molecule has 1 saturated heterocycles. The van der Waals surface area contributed by atoms with E-state index in [0.29, 0.717) is 23.5 Å². The van der Waals surface area contributed by atoms with E-state index in [4.69, 9.17) is 15.2 Å². The van der Waals surface area contributed by atoms with Crippen LogP contribution in [0.3, 0.4) is 0 Å². The normalized spacial score (nSPS) is 16.8. The predicted molar refractivity (Wildman–Crippen MR) is 94.5 cm³/mol. The van der Waals surface area contributed by atoms with Crippen LogP contribution in [0, 0.1) is 6.92 Å². The van der Waals surface area contributed by atoms with Crippen LogP contribution in [0.2, 0.25) is 0 Å². The highest BCUT2D eigenvalue weighted by Crippen LogP contribution is 2.20. The summed E-state index contributed by atoms with van der Waals surface area (Å²) in [6.07, 6.45) is 2.34. The Labute approximate surface area is 141 Å². The van der Waals surface area contributed by atoms with Crippen molar-refractivity contribution in [2.45, 2.75) is 25.9 Å². The number of hydrogen-bond donors (Lipinski definition) is 2. The molecular weight excluding hydrogens is 304 g/mol. The van der Waals surface area contributed by atoms with Crippen LogP contribution < -0.4 is 15.8 Å². The standard InChI is InChI=1S/C19H22N2O3/c1-13-4-5-14(20)11-18(13)19(22)21-15-6-8-16(9-7-15)24-12-17-3-2-10-23-17/h4-9,11,17H,2-3,10,12,20H2,1H3,(H,21,22). The van der Waals surface area contributed by atoms with Crippen LogP contribution in [0.1, 0.15) is 28.8 Å². The maximum Gasteiger partial charge on any atom is 0.256 e. The molecule has 0 bridgehead atoms. The van der Waals surface area contributed by atoms with Crippen LogP contribution in [0.5, 0.6) is 5.75 Å². The number of ether oxygens (including phenoxy) is 2. The first-order valence-electron chi connectivity index (χ1n) is 8.14. The second kappa shape index (κ2) is 7.36. The summed E-state index contributed by atoms with van der Waals surface area (Å²) < 4.78 is 11.2. The van der Waals surface area contributed by atoms with Crippen molar-refractivity contribution >= 4 is 17.3 Å². The highest BCUT2D eigenvalue weighted by molar-refractivity contribution is 6.05. The van der Waals surface area contributed by atoms with E-state index in [1.54, 1.807) is 12.1 Å². The van der Waals surface area contributed by atoms with Crippen LogP contribution in [0.15, 0.2) is 42.5 Å². The third-order valence-electron chi connectivity index (χ3n) is 4.08. The van der Waals surface area contributed by atoms with Crippen LogP contribution in [-0.2, 0) is 4.74 Å². The molecule has 0 spiro atoms. The summed E-state index contributed by atoms with van der Waals surface area (Å²) in [4.78, 5) is 12.4. The SMILES string of the molecule is Cc1ccc(N)cc1C(=O)Nc1ccc(OCC2CCCO2)cc1. The Morgan fingerprint density at radius 2 is 2.08 bits per heavy atom. The van der Waals surface area contributed by atoms with Crippen molar-refractivity contribution in [1.29, 1.82) is 0 Å². The lowest BCUT2D eigenvalue weighted by Crippen LogP contribution is -2.16. The first kappa shape index (κ1) is 16.3. The molecule has 1 aliphatic heterocycles. The summed E-state index contributed by atoms with van der Waals surface area (Å²) >= 11 is 0. The fraction of sp³-hybridized carbons (Fsp3) is 0.316. The van der Waals surface area contributed by atoms with Gasteiger partial charge in [0.2, 0.25) is 0 Å². The molecule has 2 aromatic carbocycles. The minimum absolute atomic E-state index is 0.173. The van der Waals surface area contributed by atoms with Crippen LogP contribution in [0.4, 0.5) is 11.4 Å². The van der Waals surface area contributed by atoms with Crippen molar-refractivity contribution in [3.63, 3.8) is 0 Å². The van der Waals surface area contributed by atoms with Gasteiger partial charge in [0, 0.05) is 23.5 Å². The van der Waals surface area contributed by atoms with Crippen molar-refractivity contribution in [3.05, 3.63) is 53.6 Å². The lowest BCUT2D eigenvalue weighted by Gasteiger charge is -2.12. The molecule has 5 heteroatoms. The number of amides is 1. The van der Waals surface area contributed by atoms with E-state index < -0.39 is 0 Å². The zero-order valence-electron chi connectivity index (χ0n) is 13.7. The molecule has 1 heterocycles. The summed E-state index contributed by atoms with van der Waals surface area (Å²) in [7, 11) is 0. The van der Waals surface area contributed by atoms with E-state index in [1.807, 2.05) is 37.3 Å². The molecular formula is C19H22N2O3. The van der Waals surface area contributed by atoms with Gasteiger partial charge in [-0.15, -0.1) is 0 Å². The zero-order valence-corrected chi connectivity index (χ0v) is 13.7. The third kappa shape index (κ3) is 4.06. The summed E-state index contributed by atoms with van der Waals surface area (Å²) in [6, 6.07) is 12.6. The van der Waals surface area contributed by atoms with E-state index in [1.165, 1.54) is 0 Å². The Bertz CT molecular complexity index is 707. The summed E-state index contributed by atoms with van der Waals surface area (Å²) in [6.45, 7) is 3.27. The molecule has 5 nitrogen and oxygen atoms in total. The van der Waals surface area contributed by atoms with Gasteiger partial charge in [-0.2, -0.15) is 0 Å². The number of nitrogens with two attached hydrogens (primary N) is 1. The molecule has 0 aliphatic carbocycles. The van der Waals surface area contributed by atoms with Crippen LogP contribution >= 0.6 is 0 Å². The smallest absolute Gasteiger partial charge is 0.256 e. The average Bonchev–Trinajstić information content (AvgIpc) is 3.10. The number of rotatable bonds is 5. The molecule has 3 N–H and O–H groups in total. The Balaban J connectivity index is 1.59. The second-order valence-corrected chi connectivity index (χ2v) is 6.00. The fourth-order valence-corrected chi connectivity index (χ4v) is 2.68. The number of carbonyl (C=O) groups is 1. The molecule has 3 rings (SSSR count). The van der Waals surface area contributed by atoms with E-state index in [9.17, 15) is 4.79 Å². The zero-order chi connectivity index (χ0) is 16.9. The van der Waals surface area contributed by atoms with Crippen LogP contribution in [0.25, 0.3) is 0 Å². The number of benzene rings is 2. The van der Waals surface area contributed by atoms with Gasteiger partial charge in [0.1, 0.15) is 12.4 Å². The highest BCUT2D eigenvalue weighted by Gasteiger charge is 2.16. The number of anilines is 2. The third-order valence-corrected chi connectivity index (χ3v) is 4.08. The molecule has 126 valence electrons. The Kier molecular flexibility index (Phi) is 5.01. The van der Waals surface area contributed by atoms with Gasteiger partial charge in [-0.3, -0.25) is 4.79 Å². The molecule has 1 atom stereocenters. The topological polar surface area (TPSA) is 73.6 Å². The van der Waals surface area contributed by atoms with Crippen molar-refractivity contribution in [2.75, 3.05) is 24.3 Å². The van der Waals surface area contributed by atoms with Gasteiger partial charge < -0.3 is 20.5 Å². The van der Waals surface area contributed by atoms with Gasteiger partial charge in [-0.1, -0.05) is 6.07 Å². The number of nitrogen functional groups attached to an aromatic ring is 1. The van der Waals surface area contributed by atoms with Gasteiger partial charge >= 0.3 is 0 Å². The summed E-state index contributed by atoms with van der Waals surface area (Å²) in [5.41, 5.74) is 8.51. The lowest BCUT2D eigenvalue weighted by atomic mass is 10.1. The van der Waals surface area contributed by atoms with E-state index in [0.717, 1.165) is 30.8 Å². The molecule has 1 aliphatic rings. The van der Waals surface area contributed by atoms with Crippen molar-refractivity contribution < 1.29 is 14.3 Å². The molecule has 0 aromatic heterocycles. The van der Waals surface area contributed by atoms with E-state index in [-0.39, 0.29) is 12.0 Å². The molecule has 1 unspecified atom stereocenters. The van der Waals surface area contributed by atoms with Crippen molar-refractivity contribution in [3.8, 4) is 5.75 Å². The average molecular weight is 326 g/mol. The molecule has 1 amide bonds.